The van der Waals surface area contributed by atoms with Gasteiger partial charge in [0, 0.05) is 17.5 Å². The SMILES string of the molecule is Cc1cscc1NC(=O)C=CC(=O)O. The number of rotatable bonds is 3. The topological polar surface area (TPSA) is 66.4 Å². The second-order valence-electron chi connectivity index (χ2n) is 2.63. The number of thiophene rings is 1. The molecule has 74 valence electrons. The lowest BCUT2D eigenvalue weighted by Crippen LogP contribution is -2.08. The highest BCUT2D eigenvalue weighted by Gasteiger charge is 2.02. The second-order valence-corrected chi connectivity index (χ2v) is 3.37. The van der Waals surface area contributed by atoms with Crippen LogP contribution in [0.1, 0.15) is 5.56 Å². The van der Waals surface area contributed by atoms with Crippen molar-refractivity contribution >= 4 is 28.9 Å². The number of carboxylic acids is 1. The molecule has 2 N–H and O–H groups in total. The van der Waals surface area contributed by atoms with E-state index in [1.165, 1.54) is 11.3 Å². The van der Waals surface area contributed by atoms with E-state index in [2.05, 4.69) is 5.32 Å². The summed E-state index contributed by atoms with van der Waals surface area (Å²) >= 11 is 1.48. The molecule has 5 heteroatoms. The summed E-state index contributed by atoms with van der Waals surface area (Å²) in [5.41, 5.74) is 1.68. The van der Waals surface area contributed by atoms with E-state index in [0.717, 1.165) is 23.4 Å². The molecule has 1 aromatic heterocycles. The molecule has 0 aliphatic rings. The molecule has 4 nitrogen and oxygen atoms in total. The quantitative estimate of drug-likeness (QED) is 0.747. The summed E-state index contributed by atoms with van der Waals surface area (Å²) in [7, 11) is 0. The van der Waals surface area contributed by atoms with Crippen LogP contribution in [-0.4, -0.2) is 17.0 Å². The molecule has 0 radical (unpaired) electrons. The standard InChI is InChI=1S/C9H9NO3S/c1-6-4-14-5-7(6)10-8(11)2-3-9(12)13/h2-5H,1H3,(H,10,11)(H,12,13). The minimum absolute atomic E-state index is 0.436. The Morgan fingerprint density at radius 3 is 2.64 bits per heavy atom. The summed E-state index contributed by atoms with van der Waals surface area (Å²) in [6.07, 6.45) is 1.79. The molecule has 0 bridgehead atoms. The van der Waals surface area contributed by atoms with Crippen LogP contribution in [0.5, 0.6) is 0 Å². The normalized spacial score (nSPS) is 10.4. The summed E-state index contributed by atoms with van der Waals surface area (Å²) in [6.45, 7) is 1.87. The molecule has 0 aromatic carbocycles. The molecule has 0 saturated heterocycles. The van der Waals surface area contributed by atoms with Crippen LogP contribution in [0.25, 0.3) is 0 Å². The Hall–Kier alpha value is -1.62. The van der Waals surface area contributed by atoms with Gasteiger partial charge in [-0.15, -0.1) is 11.3 Å². The highest BCUT2D eigenvalue weighted by molar-refractivity contribution is 7.08. The lowest BCUT2D eigenvalue weighted by atomic mass is 10.3. The van der Waals surface area contributed by atoms with Crippen molar-refractivity contribution in [1.82, 2.24) is 0 Å². The van der Waals surface area contributed by atoms with Crippen molar-refractivity contribution in [3.8, 4) is 0 Å². The van der Waals surface area contributed by atoms with Crippen molar-refractivity contribution in [3.63, 3.8) is 0 Å². The number of nitrogens with one attached hydrogen (secondary N) is 1. The molecule has 0 aliphatic heterocycles. The number of hydrogen-bond acceptors (Lipinski definition) is 3. The van der Waals surface area contributed by atoms with Crippen molar-refractivity contribution in [2.75, 3.05) is 5.32 Å². The smallest absolute Gasteiger partial charge is 0.328 e. The van der Waals surface area contributed by atoms with Gasteiger partial charge in [0.15, 0.2) is 0 Å². The molecular weight excluding hydrogens is 202 g/mol. The Morgan fingerprint density at radius 1 is 1.43 bits per heavy atom. The number of anilines is 1. The van der Waals surface area contributed by atoms with Crippen molar-refractivity contribution in [1.29, 1.82) is 0 Å². The van der Waals surface area contributed by atoms with Crippen LogP contribution in [-0.2, 0) is 9.59 Å². The van der Waals surface area contributed by atoms with Crippen LogP contribution in [0.2, 0.25) is 0 Å². The number of carbonyl (C=O) groups is 2. The fraction of sp³-hybridized carbons (Fsp3) is 0.111. The summed E-state index contributed by atoms with van der Waals surface area (Å²) in [5, 5.41) is 14.5. The largest absolute Gasteiger partial charge is 0.478 e. The van der Waals surface area contributed by atoms with Gasteiger partial charge in [-0.1, -0.05) is 0 Å². The molecule has 0 atom stereocenters. The number of aryl methyl sites for hydroxylation is 1. The van der Waals surface area contributed by atoms with Crippen LogP contribution < -0.4 is 5.32 Å². The molecule has 1 rings (SSSR count). The number of aliphatic carboxylic acids is 1. The third-order valence-corrected chi connectivity index (χ3v) is 2.35. The van der Waals surface area contributed by atoms with Crippen LogP contribution in [0.4, 0.5) is 5.69 Å². The minimum atomic E-state index is -1.14. The van der Waals surface area contributed by atoms with Crippen LogP contribution >= 0.6 is 11.3 Å². The molecule has 1 amide bonds. The van der Waals surface area contributed by atoms with Crippen LogP contribution in [0.15, 0.2) is 22.9 Å². The molecular formula is C9H9NO3S. The van der Waals surface area contributed by atoms with E-state index in [9.17, 15) is 9.59 Å². The summed E-state index contributed by atoms with van der Waals surface area (Å²) < 4.78 is 0. The minimum Gasteiger partial charge on any atom is -0.478 e. The fourth-order valence-corrected chi connectivity index (χ4v) is 1.59. The molecule has 1 heterocycles. The van der Waals surface area contributed by atoms with Crippen molar-refractivity contribution in [2.24, 2.45) is 0 Å². The van der Waals surface area contributed by atoms with E-state index < -0.39 is 11.9 Å². The van der Waals surface area contributed by atoms with Crippen LogP contribution in [0, 0.1) is 6.92 Å². The van der Waals surface area contributed by atoms with E-state index in [0.29, 0.717) is 0 Å². The van der Waals surface area contributed by atoms with E-state index >= 15 is 0 Å². The van der Waals surface area contributed by atoms with Crippen molar-refractivity contribution < 1.29 is 14.7 Å². The Bertz CT molecular complexity index is 381. The third kappa shape index (κ3) is 3.02. The zero-order valence-corrected chi connectivity index (χ0v) is 8.30. The number of amides is 1. The van der Waals surface area contributed by atoms with Gasteiger partial charge in [-0.2, -0.15) is 0 Å². The fourth-order valence-electron chi connectivity index (χ4n) is 0.810. The van der Waals surface area contributed by atoms with Crippen molar-refractivity contribution in [2.45, 2.75) is 6.92 Å². The van der Waals surface area contributed by atoms with Gasteiger partial charge >= 0.3 is 5.97 Å². The Labute approximate surface area is 84.9 Å². The highest BCUT2D eigenvalue weighted by atomic mass is 32.1. The molecule has 0 aliphatic carbocycles. The first-order valence-corrected chi connectivity index (χ1v) is 4.78. The van der Waals surface area contributed by atoms with Gasteiger partial charge < -0.3 is 10.4 Å². The highest BCUT2D eigenvalue weighted by Crippen LogP contribution is 2.18. The maximum absolute atomic E-state index is 11.1. The Morgan fingerprint density at radius 2 is 2.14 bits per heavy atom. The summed E-state index contributed by atoms with van der Waals surface area (Å²) in [6, 6.07) is 0. The Balaban J connectivity index is 2.58. The second kappa shape index (κ2) is 4.57. The summed E-state index contributed by atoms with van der Waals surface area (Å²) in [4.78, 5) is 21.2. The first-order valence-electron chi connectivity index (χ1n) is 3.84. The van der Waals surface area contributed by atoms with E-state index in [-0.39, 0.29) is 0 Å². The maximum atomic E-state index is 11.1. The van der Waals surface area contributed by atoms with Gasteiger partial charge in [0.05, 0.1) is 5.69 Å². The first kappa shape index (κ1) is 10.5. The molecule has 0 saturated carbocycles. The third-order valence-electron chi connectivity index (χ3n) is 1.49. The van der Waals surface area contributed by atoms with Gasteiger partial charge in [0.25, 0.3) is 0 Å². The monoisotopic (exact) mass is 211 g/mol. The predicted molar refractivity (Wildman–Crippen MR) is 54.5 cm³/mol. The van der Waals surface area contributed by atoms with Crippen molar-refractivity contribution in [3.05, 3.63) is 28.5 Å². The zero-order chi connectivity index (χ0) is 10.6. The van der Waals surface area contributed by atoms with Gasteiger partial charge in [-0.05, 0) is 17.9 Å². The first-order chi connectivity index (χ1) is 6.59. The average Bonchev–Trinajstić information content (AvgIpc) is 2.49. The summed E-state index contributed by atoms with van der Waals surface area (Å²) in [5.74, 6) is -1.57. The maximum Gasteiger partial charge on any atom is 0.328 e. The molecule has 0 fully saturated rings. The molecule has 1 aromatic rings. The zero-order valence-electron chi connectivity index (χ0n) is 7.48. The van der Waals surface area contributed by atoms with Crippen LogP contribution in [0.3, 0.4) is 0 Å². The van der Waals surface area contributed by atoms with E-state index in [4.69, 9.17) is 5.11 Å². The lowest BCUT2D eigenvalue weighted by Gasteiger charge is -1.98. The molecule has 0 spiro atoms. The van der Waals surface area contributed by atoms with Gasteiger partial charge in [0.1, 0.15) is 0 Å². The van der Waals surface area contributed by atoms with Gasteiger partial charge in [-0.25, -0.2) is 4.79 Å². The predicted octanol–water partition coefficient (Wildman–Crippen LogP) is 1.64. The average molecular weight is 211 g/mol. The van der Waals surface area contributed by atoms with E-state index in [1.54, 1.807) is 5.38 Å². The lowest BCUT2D eigenvalue weighted by molar-refractivity contribution is -0.131. The van der Waals surface area contributed by atoms with Gasteiger partial charge in [-0.3, -0.25) is 4.79 Å². The van der Waals surface area contributed by atoms with Gasteiger partial charge in [0.2, 0.25) is 5.91 Å². The molecule has 0 unspecified atom stereocenters. The number of carboxylic acid groups (broad SMARTS) is 1. The number of hydrogen-bond donors (Lipinski definition) is 2. The Kier molecular flexibility index (Phi) is 3.41. The van der Waals surface area contributed by atoms with E-state index in [1.807, 2.05) is 12.3 Å². The molecule has 14 heavy (non-hydrogen) atoms. The number of carbonyl (C=O) groups excluding carboxylic acids is 1.